The number of methoxy groups -OCH3 is 1. The van der Waals surface area contributed by atoms with Crippen LogP contribution in [0.25, 0.3) is 0 Å². The Hall–Kier alpha value is -2.65. The standard InChI is InChI=1S/C26H33N3O5/c1-32-20-9-7-19(8-10-20)27-26(31)28-22-21-16-33-25(34-21)23(24(22)30)29-13-11-18(12-14-29)15-17-5-3-2-4-6-17/h2-10,18,21-25,30H,11-16H2,1H3,(H2,27,28,31)/p+1. The molecule has 34 heavy (non-hydrogen) atoms. The van der Waals surface area contributed by atoms with Crippen molar-refractivity contribution in [2.45, 2.75) is 49.8 Å². The summed E-state index contributed by atoms with van der Waals surface area (Å²) in [6.45, 7) is 2.28. The van der Waals surface area contributed by atoms with E-state index >= 15 is 0 Å². The SMILES string of the molecule is COc1ccc(NC(=O)NC2C3COC(O3)C([NH+]3CCC(Cc4ccccc4)CC3)C2O)cc1. The van der Waals surface area contributed by atoms with E-state index in [1.54, 1.807) is 31.4 Å². The molecule has 4 N–H and O–H groups in total. The van der Waals surface area contributed by atoms with Crippen molar-refractivity contribution in [3.63, 3.8) is 0 Å². The van der Waals surface area contributed by atoms with Crippen LogP contribution in [0.5, 0.6) is 5.75 Å². The number of urea groups is 1. The fraction of sp³-hybridized carbons (Fsp3) is 0.500. The Balaban J connectivity index is 1.18. The fourth-order valence-electron chi connectivity index (χ4n) is 5.56. The highest BCUT2D eigenvalue weighted by molar-refractivity contribution is 5.89. The van der Waals surface area contributed by atoms with Crippen LogP contribution in [-0.4, -0.2) is 68.5 Å². The summed E-state index contributed by atoms with van der Waals surface area (Å²) in [6, 6.07) is 16.6. The van der Waals surface area contributed by atoms with Crippen molar-refractivity contribution in [1.82, 2.24) is 5.32 Å². The first-order valence-corrected chi connectivity index (χ1v) is 12.2. The van der Waals surface area contributed by atoms with E-state index in [1.807, 2.05) is 0 Å². The van der Waals surface area contributed by atoms with Crippen molar-refractivity contribution in [2.75, 3.05) is 32.1 Å². The van der Waals surface area contributed by atoms with Crippen LogP contribution >= 0.6 is 0 Å². The van der Waals surface area contributed by atoms with E-state index in [2.05, 4.69) is 41.0 Å². The number of aliphatic hydroxyl groups excluding tert-OH is 1. The Morgan fingerprint density at radius 2 is 1.85 bits per heavy atom. The summed E-state index contributed by atoms with van der Waals surface area (Å²) in [7, 11) is 1.60. The second-order valence-corrected chi connectivity index (χ2v) is 9.54. The van der Waals surface area contributed by atoms with Crippen LogP contribution in [0, 0.1) is 5.92 Å². The van der Waals surface area contributed by atoms with Gasteiger partial charge < -0.3 is 34.9 Å². The van der Waals surface area contributed by atoms with Gasteiger partial charge in [-0.25, -0.2) is 4.79 Å². The van der Waals surface area contributed by atoms with E-state index in [4.69, 9.17) is 14.2 Å². The number of benzene rings is 2. The summed E-state index contributed by atoms with van der Waals surface area (Å²) in [4.78, 5) is 14.0. The number of rotatable bonds is 6. The summed E-state index contributed by atoms with van der Waals surface area (Å²) in [5.74, 6) is 1.36. The molecule has 0 aromatic heterocycles. The number of piperidine rings is 1. The van der Waals surface area contributed by atoms with Crippen LogP contribution in [0.1, 0.15) is 18.4 Å². The molecule has 5 atom stereocenters. The van der Waals surface area contributed by atoms with Gasteiger partial charge in [-0.05, 0) is 55.0 Å². The van der Waals surface area contributed by atoms with Gasteiger partial charge in [0.15, 0.2) is 6.04 Å². The maximum absolute atomic E-state index is 12.7. The largest absolute Gasteiger partial charge is 0.497 e. The number of amides is 2. The molecule has 0 saturated carbocycles. The molecule has 3 fully saturated rings. The molecule has 2 amide bonds. The van der Waals surface area contributed by atoms with E-state index in [0.717, 1.165) is 38.1 Å². The number of carbonyl (C=O) groups excluding carboxylic acids is 1. The zero-order chi connectivity index (χ0) is 23.5. The number of quaternary nitrogens is 1. The third-order valence-corrected chi connectivity index (χ3v) is 7.39. The minimum atomic E-state index is -0.742. The molecular weight excluding hydrogens is 434 g/mol. The Morgan fingerprint density at radius 3 is 2.56 bits per heavy atom. The number of anilines is 1. The van der Waals surface area contributed by atoms with Crippen LogP contribution in [0.4, 0.5) is 10.5 Å². The van der Waals surface area contributed by atoms with Crippen LogP contribution in [0.2, 0.25) is 0 Å². The molecular formula is C26H34N3O5+. The van der Waals surface area contributed by atoms with Gasteiger partial charge >= 0.3 is 6.03 Å². The van der Waals surface area contributed by atoms with Crippen molar-refractivity contribution < 1.29 is 29.0 Å². The first kappa shape index (κ1) is 23.1. The number of likely N-dealkylation sites (tertiary alicyclic amines) is 1. The predicted octanol–water partition coefficient (Wildman–Crippen LogP) is 1.21. The monoisotopic (exact) mass is 468 g/mol. The fourth-order valence-corrected chi connectivity index (χ4v) is 5.56. The highest BCUT2D eigenvalue weighted by atomic mass is 16.7. The van der Waals surface area contributed by atoms with Gasteiger partial charge in [0.2, 0.25) is 6.29 Å². The highest BCUT2D eigenvalue weighted by Crippen LogP contribution is 2.28. The molecule has 3 saturated heterocycles. The molecule has 3 aliphatic rings. The molecule has 182 valence electrons. The first-order valence-electron chi connectivity index (χ1n) is 12.2. The quantitative estimate of drug-likeness (QED) is 0.512. The summed E-state index contributed by atoms with van der Waals surface area (Å²) in [5, 5.41) is 17.1. The lowest BCUT2D eigenvalue weighted by Gasteiger charge is -2.43. The zero-order valence-electron chi connectivity index (χ0n) is 19.5. The van der Waals surface area contributed by atoms with Gasteiger partial charge in [-0.3, -0.25) is 0 Å². The number of hydrogen-bond donors (Lipinski definition) is 4. The van der Waals surface area contributed by atoms with E-state index in [0.29, 0.717) is 18.2 Å². The van der Waals surface area contributed by atoms with Crippen molar-refractivity contribution in [3.8, 4) is 5.75 Å². The Morgan fingerprint density at radius 1 is 1.12 bits per heavy atom. The van der Waals surface area contributed by atoms with Crippen LogP contribution in [-0.2, 0) is 15.9 Å². The molecule has 0 aliphatic carbocycles. The molecule has 0 radical (unpaired) electrons. The number of ether oxygens (including phenoxy) is 3. The number of aliphatic hydroxyl groups is 1. The van der Waals surface area contributed by atoms with Crippen molar-refractivity contribution >= 4 is 11.7 Å². The minimum Gasteiger partial charge on any atom is -0.497 e. The van der Waals surface area contributed by atoms with Gasteiger partial charge in [0.25, 0.3) is 0 Å². The zero-order valence-corrected chi connectivity index (χ0v) is 19.5. The predicted molar refractivity (Wildman–Crippen MR) is 127 cm³/mol. The molecule has 2 bridgehead atoms. The maximum atomic E-state index is 12.7. The van der Waals surface area contributed by atoms with Gasteiger partial charge in [-0.15, -0.1) is 0 Å². The molecule has 5 rings (SSSR count). The van der Waals surface area contributed by atoms with Gasteiger partial charge in [0.1, 0.15) is 18.0 Å². The molecule has 8 nitrogen and oxygen atoms in total. The van der Waals surface area contributed by atoms with Gasteiger partial charge in [-0.1, -0.05) is 30.3 Å². The normalized spacial score (nSPS) is 32.7. The van der Waals surface area contributed by atoms with Crippen molar-refractivity contribution in [2.24, 2.45) is 5.92 Å². The summed E-state index contributed by atoms with van der Waals surface area (Å²) >= 11 is 0. The number of hydrogen-bond acceptors (Lipinski definition) is 5. The lowest BCUT2D eigenvalue weighted by Crippen LogP contribution is -3.20. The average Bonchev–Trinajstić information content (AvgIpc) is 3.29. The van der Waals surface area contributed by atoms with Crippen LogP contribution in [0.3, 0.4) is 0 Å². The van der Waals surface area contributed by atoms with E-state index in [1.165, 1.54) is 10.5 Å². The first-order chi connectivity index (χ1) is 16.6. The summed E-state index contributed by atoms with van der Waals surface area (Å²) < 4.78 is 17.1. The van der Waals surface area contributed by atoms with E-state index in [-0.39, 0.29) is 18.2 Å². The van der Waals surface area contributed by atoms with E-state index in [9.17, 15) is 9.90 Å². The van der Waals surface area contributed by atoms with Gasteiger partial charge in [0.05, 0.1) is 32.8 Å². The third kappa shape index (κ3) is 5.05. The number of carbonyl (C=O) groups is 1. The number of fused-ring (bicyclic) bond motifs is 2. The molecule has 8 heteroatoms. The highest BCUT2D eigenvalue weighted by Gasteiger charge is 2.55. The second-order valence-electron chi connectivity index (χ2n) is 9.54. The molecule has 2 aromatic rings. The summed E-state index contributed by atoms with van der Waals surface area (Å²) in [5.41, 5.74) is 2.03. The number of nitrogens with one attached hydrogen (secondary N) is 3. The molecule has 5 unspecified atom stereocenters. The lowest BCUT2D eigenvalue weighted by molar-refractivity contribution is -0.942. The Labute approximate surface area is 200 Å². The molecule has 3 heterocycles. The van der Waals surface area contributed by atoms with Crippen LogP contribution < -0.4 is 20.3 Å². The maximum Gasteiger partial charge on any atom is 0.319 e. The van der Waals surface area contributed by atoms with Crippen molar-refractivity contribution in [1.29, 1.82) is 0 Å². The lowest BCUT2D eigenvalue weighted by atomic mass is 9.87. The summed E-state index contributed by atoms with van der Waals surface area (Å²) in [6.07, 6.45) is 1.76. The second kappa shape index (κ2) is 10.3. The third-order valence-electron chi connectivity index (χ3n) is 7.39. The Bertz CT molecular complexity index is 949. The smallest absolute Gasteiger partial charge is 0.319 e. The van der Waals surface area contributed by atoms with Crippen molar-refractivity contribution in [3.05, 3.63) is 60.2 Å². The van der Waals surface area contributed by atoms with Gasteiger partial charge in [-0.2, -0.15) is 0 Å². The molecule has 3 aliphatic heterocycles. The van der Waals surface area contributed by atoms with E-state index < -0.39 is 18.4 Å². The Kier molecular flexibility index (Phi) is 7.01. The molecule has 0 spiro atoms. The average molecular weight is 469 g/mol. The van der Waals surface area contributed by atoms with Crippen LogP contribution in [0.15, 0.2) is 54.6 Å². The molecule has 2 aromatic carbocycles. The topological polar surface area (TPSA) is 93.5 Å². The minimum absolute atomic E-state index is 0.220. The van der Waals surface area contributed by atoms with Gasteiger partial charge in [0, 0.05) is 5.69 Å².